The van der Waals surface area contributed by atoms with Crippen molar-refractivity contribution in [3.63, 3.8) is 0 Å². The number of allylic oxidation sites excluding steroid dienone is 2. The Hall–Kier alpha value is -0.850. The molecule has 0 heterocycles. The molecule has 62 valence electrons. The topological polar surface area (TPSA) is 12.4 Å². The Kier molecular flexibility index (Phi) is 5.44. The summed E-state index contributed by atoms with van der Waals surface area (Å²) in [6, 6.07) is 0. The molecular formula is C10H17N. The van der Waals surface area contributed by atoms with E-state index in [0.29, 0.717) is 0 Å². The highest BCUT2D eigenvalue weighted by Gasteiger charge is 1.93. The number of rotatable bonds is 4. The van der Waals surface area contributed by atoms with Gasteiger partial charge >= 0.3 is 0 Å². The Morgan fingerprint density at radius 2 is 2.00 bits per heavy atom. The first-order valence-electron chi connectivity index (χ1n) is 4.08. The average molecular weight is 151 g/mol. The van der Waals surface area contributed by atoms with Crippen LogP contribution in [0.1, 0.15) is 33.6 Å². The van der Waals surface area contributed by atoms with Gasteiger partial charge in [0.1, 0.15) is 0 Å². The summed E-state index contributed by atoms with van der Waals surface area (Å²) in [5.74, 6) is 0. The van der Waals surface area contributed by atoms with Crippen LogP contribution in [0.3, 0.4) is 0 Å². The molecule has 0 aliphatic heterocycles. The molecule has 0 aromatic rings. The van der Waals surface area contributed by atoms with Crippen molar-refractivity contribution < 1.29 is 0 Å². The normalized spacial score (nSPS) is 13.4. The van der Waals surface area contributed by atoms with Gasteiger partial charge in [0.05, 0.1) is 0 Å². The third-order valence-electron chi connectivity index (χ3n) is 1.80. The predicted octanol–water partition coefficient (Wildman–Crippen LogP) is 3.34. The van der Waals surface area contributed by atoms with Gasteiger partial charge < -0.3 is 0 Å². The van der Waals surface area contributed by atoms with Gasteiger partial charge in [-0.15, -0.1) is 0 Å². The highest BCUT2D eigenvalue weighted by atomic mass is 14.7. The molecule has 0 atom stereocenters. The maximum absolute atomic E-state index is 3.99. The smallest absolute Gasteiger partial charge is 0.0298 e. The Morgan fingerprint density at radius 3 is 2.36 bits per heavy atom. The lowest BCUT2D eigenvalue weighted by Crippen LogP contribution is -1.87. The van der Waals surface area contributed by atoms with Gasteiger partial charge in [0.25, 0.3) is 0 Å². The fraction of sp³-hybridized carbons (Fsp3) is 0.500. The molecule has 1 heteroatoms. The Labute approximate surface area is 69.5 Å². The first-order valence-corrected chi connectivity index (χ1v) is 4.08. The number of hydrogen-bond donors (Lipinski definition) is 0. The maximum Gasteiger partial charge on any atom is 0.0298 e. The predicted molar refractivity (Wildman–Crippen MR) is 52.0 cm³/mol. The van der Waals surface area contributed by atoms with Crippen molar-refractivity contribution in [2.75, 3.05) is 0 Å². The van der Waals surface area contributed by atoms with E-state index < -0.39 is 0 Å². The van der Waals surface area contributed by atoms with Gasteiger partial charge in [-0.05, 0) is 25.3 Å². The largest absolute Gasteiger partial charge is 0.265 e. The quantitative estimate of drug-likeness (QED) is 0.546. The minimum atomic E-state index is 1.05. The van der Waals surface area contributed by atoms with Crippen LogP contribution in [0.5, 0.6) is 0 Å². The Balaban J connectivity index is 4.37. The molecule has 0 saturated heterocycles. The first kappa shape index (κ1) is 10.2. The van der Waals surface area contributed by atoms with Crippen molar-refractivity contribution in [3.05, 3.63) is 23.9 Å². The highest BCUT2D eigenvalue weighted by molar-refractivity contribution is 5.79. The summed E-state index contributed by atoms with van der Waals surface area (Å²) in [5.41, 5.74) is 2.74. The molecule has 0 amide bonds. The second-order valence-corrected chi connectivity index (χ2v) is 2.47. The van der Waals surface area contributed by atoms with Crippen LogP contribution < -0.4 is 0 Å². The minimum absolute atomic E-state index is 1.05. The van der Waals surface area contributed by atoms with E-state index in [1.165, 1.54) is 11.1 Å². The van der Waals surface area contributed by atoms with E-state index in [-0.39, 0.29) is 0 Å². The van der Waals surface area contributed by atoms with E-state index in [1.807, 2.05) is 6.21 Å². The monoisotopic (exact) mass is 151 g/mol. The molecule has 0 spiro atoms. The Morgan fingerprint density at radius 1 is 1.36 bits per heavy atom. The molecule has 0 fully saturated rings. The van der Waals surface area contributed by atoms with Crippen molar-refractivity contribution in [1.29, 1.82) is 0 Å². The Bertz CT molecular complexity index is 175. The second kappa shape index (κ2) is 5.90. The molecule has 0 aromatic carbocycles. The van der Waals surface area contributed by atoms with Crippen LogP contribution in [0.2, 0.25) is 0 Å². The van der Waals surface area contributed by atoms with Gasteiger partial charge in [-0.2, -0.15) is 0 Å². The lowest BCUT2D eigenvalue weighted by atomic mass is 10.1. The summed E-state index contributed by atoms with van der Waals surface area (Å²) in [6.45, 7) is 9.98. The van der Waals surface area contributed by atoms with Crippen molar-refractivity contribution in [2.45, 2.75) is 33.6 Å². The molecule has 1 nitrogen and oxygen atoms in total. The van der Waals surface area contributed by atoms with Gasteiger partial charge in [0.15, 0.2) is 0 Å². The van der Waals surface area contributed by atoms with Crippen LogP contribution in [-0.2, 0) is 0 Å². The third-order valence-corrected chi connectivity index (χ3v) is 1.80. The zero-order chi connectivity index (χ0) is 8.69. The summed E-state index contributed by atoms with van der Waals surface area (Å²) in [7, 11) is 0. The first-order chi connectivity index (χ1) is 5.26. The lowest BCUT2D eigenvalue weighted by molar-refractivity contribution is 1.03. The molecule has 0 unspecified atom stereocenters. The highest BCUT2D eigenvalue weighted by Crippen LogP contribution is 2.08. The fourth-order valence-corrected chi connectivity index (χ4v) is 0.873. The van der Waals surface area contributed by atoms with Gasteiger partial charge in [-0.3, -0.25) is 4.99 Å². The zero-order valence-corrected chi connectivity index (χ0v) is 7.72. The molecule has 0 aliphatic rings. The molecule has 0 radical (unpaired) electrons. The van der Waals surface area contributed by atoms with E-state index in [2.05, 4.69) is 32.3 Å². The van der Waals surface area contributed by atoms with Gasteiger partial charge in [0, 0.05) is 12.4 Å². The van der Waals surface area contributed by atoms with Crippen LogP contribution in [0.4, 0.5) is 0 Å². The number of aliphatic imine (C=N–C) groups is 1. The van der Waals surface area contributed by atoms with Crippen LogP contribution in [-0.4, -0.2) is 6.21 Å². The van der Waals surface area contributed by atoms with Gasteiger partial charge in [-0.25, -0.2) is 0 Å². The van der Waals surface area contributed by atoms with Crippen LogP contribution >= 0.6 is 0 Å². The van der Waals surface area contributed by atoms with Crippen LogP contribution in [0.25, 0.3) is 0 Å². The van der Waals surface area contributed by atoms with E-state index in [4.69, 9.17) is 0 Å². The van der Waals surface area contributed by atoms with Crippen molar-refractivity contribution in [1.82, 2.24) is 0 Å². The lowest BCUT2D eigenvalue weighted by Gasteiger charge is -2.01. The van der Waals surface area contributed by atoms with Crippen molar-refractivity contribution >= 4 is 6.21 Å². The SMILES string of the molecule is C=CN=C/C(CC)=C(\C)CC. The van der Waals surface area contributed by atoms with E-state index in [1.54, 1.807) is 6.20 Å². The van der Waals surface area contributed by atoms with Gasteiger partial charge in [0.2, 0.25) is 0 Å². The molecule has 0 aliphatic carbocycles. The standard InChI is InChI=1S/C10H17N/c1-5-9(4)10(6-2)8-11-7-3/h7-8H,3,5-6H2,1-2,4H3/b10-9+,11-8?. The maximum atomic E-state index is 3.99. The molecule has 0 rings (SSSR count). The van der Waals surface area contributed by atoms with E-state index in [0.717, 1.165) is 12.8 Å². The average Bonchev–Trinajstić information content (AvgIpc) is 2.05. The molecule has 0 bridgehead atoms. The molecule has 0 saturated carbocycles. The van der Waals surface area contributed by atoms with Crippen molar-refractivity contribution in [3.8, 4) is 0 Å². The third kappa shape index (κ3) is 3.76. The van der Waals surface area contributed by atoms with E-state index in [9.17, 15) is 0 Å². The summed E-state index contributed by atoms with van der Waals surface area (Å²) >= 11 is 0. The molecule has 0 aromatic heterocycles. The fourth-order valence-electron chi connectivity index (χ4n) is 0.873. The molecule has 11 heavy (non-hydrogen) atoms. The van der Waals surface area contributed by atoms with Crippen molar-refractivity contribution in [2.24, 2.45) is 4.99 Å². The summed E-state index contributed by atoms with van der Waals surface area (Å²) in [4.78, 5) is 3.99. The van der Waals surface area contributed by atoms with Crippen LogP contribution in [0.15, 0.2) is 28.9 Å². The number of nitrogens with zero attached hydrogens (tertiary/aromatic N) is 1. The molecule has 0 N–H and O–H groups in total. The summed E-state index contributed by atoms with van der Waals surface area (Å²) in [6.07, 6.45) is 5.62. The van der Waals surface area contributed by atoms with Crippen LogP contribution in [0, 0.1) is 0 Å². The molecular weight excluding hydrogens is 134 g/mol. The summed E-state index contributed by atoms with van der Waals surface area (Å²) < 4.78 is 0. The van der Waals surface area contributed by atoms with Gasteiger partial charge in [-0.1, -0.05) is 26.0 Å². The second-order valence-electron chi connectivity index (χ2n) is 2.47. The summed E-state index contributed by atoms with van der Waals surface area (Å²) in [5, 5.41) is 0. The zero-order valence-electron chi connectivity index (χ0n) is 7.72. The van der Waals surface area contributed by atoms with E-state index >= 15 is 0 Å². The minimum Gasteiger partial charge on any atom is -0.265 e. The number of hydrogen-bond acceptors (Lipinski definition) is 1.